The molecule has 0 spiro atoms. The van der Waals surface area contributed by atoms with Crippen molar-refractivity contribution in [2.24, 2.45) is 0 Å². The highest BCUT2D eigenvalue weighted by molar-refractivity contribution is 7.10. The number of carbonyl (C=O) groups is 3. The van der Waals surface area contributed by atoms with E-state index in [9.17, 15) is 14.4 Å². The first-order valence-electron chi connectivity index (χ1n) is 12.5. The predicted octanol–water partition coefficient (Wildman–Crippen LogP) is 6.08. The van der Waals surface area contributed by atoms with E-state index in [1.807, 2.05) is 23.6 Å². The summed E-state index contributed by atoms with van der Waals surface area (Å²) in [5.41, 5.74) is 2.05. The first-order valence-corrected chi connectivity index (χ1v) is 13.3. The fraction of sp³-hybridized carbons (Fsp3) is 0.0938. The van der Waals surface area contributed by atoms with Gasteiger partial charge in [-0.25, -0.2) is 0 Å². The Kier molecular flexibility index (Phi) is 9.69. The monoisotopic (exact) mass is 568 g/mol. The lowest BCUT2D eigenvalue weighted by Crippen LogP contribution is -2.30. The van der Waals surface area contributed by atoms with Gasteiger partial charge in [-0.15, -0.1) is 11.3 Å². The smallest absolute Gasteiger partial charge is 0.272 e. The number of ketones is 1. The average Bonchev–Trinajstić information content (AvgIpc) is 3.53. The Morgan fingerprint density at radius 2 is 1.44 bits per heavy atom. The first-order chi connectivity index (χ1) is 19.9. The second kappa shape index (κ2) is 13.8. The van der Waals surface area contributed by atoms with Crippen LogP contribution in [-0.2, 0) is 4.79 Å². The lowest BCUT2D eigenvalue weighted by atomic mass is 10.1. The summed E-state index contributed by atoms with van der Waals surface area (Å²) in [6.07, 6.45) is 4.68. The number of thiophene rings is 1. The van der Waals surface area contributed by atoms with Crippen LogP contribution in [0.25, 0.3) is 12.2 Å². The summed E-state index contributed by atoms with van der Waals surface area (Å²) in [4.78, 5) is 39.5. The summed E-state index contributed by atoms with van der Waals surface area (Å²) in [5, 5.41) is 7.37. The van der Waals surface area contributed by atoms with Crippen LogP contribution in [0.5, 0.6) is 17.2 Å². The number of amides is 2. The quantitative estimate of drug-likeness (QED) is 0.168. The van der Waals surface area contributed by atoms with E-state index < -0.39 is 11.8 Å². The Labute approximate surface area is 241 Å². The maximum atomic E-state index is 13.1. The molecule has 8 nitrogen and oxygen atoms in total. The molecule has 1 aromatic heterocycles. The Morgan fingerprint density at radius 3 is 2.07 bits per heavy atom. The SMILES string of the molecule is COc1cc(OC)c(OC)cc1/C=C/C(=O)c1ccc(NC(=O)/C(=C/c2cccs2)NC(=O)c2ccccc2)cc1. The number of nitrogens with one attached hydrogen (secondary N) is 2. The Hall–Kier alpha value is -5.15. The lowest BCUT2D eigenvalue weighted by molar-refractivity contribution is -0.113. The number of hydrogen-bond acceptors (Lipinski definition) is 7. The van der Waals surface area contributed by atoms with Crippen molar-refractivity contribution in [2.45, 2.75) is 0 Å². The number of hydrogen-bond donors (Lipinski definition) is 2. The molecule has 4 rings (SSSR count). The maximum absolute atomic E-state index is 13.1. The number of carbonyl (C=O) groups excluding carboxylic acids is 3. The molecule has 0 unspecified atom stereocenters. The molecule has 0 aliphatic heterocycles. The molecule has 2 amide bonds. The molecule has 41 heavy (non-hydrogen) atoms. The second-order valence-corrected chi connectivity index (χ2v) is 9.55. The largest absolute Gasteiger partial charge is 0.496 e. The molecule has 1 heterocycles. The Bertz CT molecular complexity index is 1580. The molecule has 0 bridgehead atoms. The molecule has 208 valence electrons. The minimum Gasteiger partial charge on any atom is -0.496 e. The third-order valence-electron chi connectivity index (χ3n) is 5.94. The zero-order chi connectivity index (χ0) is 29.2. The number of methoxy groups -OCH3 is 3. The molecule has 0 atom stereocenters. The van der Waals surface area contributed by atoms with E-state index in [1.54, 1.807) is 72.8 Å². The van der Waals surface area contributed by atoms with Gasteiger partial charge in [-0.3, -0.25) is 14.4 Å². The molecule has 9 heteroatoms. The molecule has 0 aliphatic rings. The van der Waals surface area contributed by atoms with E-state index in [4.69, 9.17) is 14.2 Å². The van der Waals surface area contributed by atoms with Gasteiger partial charge < -0.3 is 24.8 Å². The lowest BCUT2D eigenvalue weighted by Gasteiger charge is -2.12. The summed E-state index contributed by atoms with van der Waals surface area (Å²) >= 11 is 1.44. The van der Waals surface area contributed by atoms with Gasteiger partial charge in [0.1, 0.15) is 11.4 Å². The van der Waals surface area contributed by atoms with Crippen molar-refractivity contribution in [3.63, 3.8) is 0 Å². The van der Waals surface area contributed by atoms with Crippen LogP contribution >= 0.6 is 11.3 Å². The van der Waals surface area contributed by atoms with Crippen molar-refractivity contribution in [3.8, 4) is 17.2 Å². The summed E-state index contributed by atoms with van der Waals surface area (Å²) in [6.45, 7) is 0. The van der Waals surface area contributed by atoms with Gasteiger partial charge in [-0.2, -0.15) is 0 Å². The molecule has 4 aromatic rings. The molecular formula is C32H28N2O6S. The van der Waals surface area contributed by atoms with Crippen molar-refractivity contribution in [1.82, 2.24) is 5.32 Å². The van der Waals surface area contributed by atoms with Crippen LogP contribution in [0.2, 0.25) is 0 Å². The van der Waals surface area contributed by atoms with E-state index in [-0.39, 0.29) is 11.5 Å². The molecule has 0 fully saturated rings. The topological polar surface area (TPSA) is 103 Å². The van der Waals surface area contributed by atoms with Crippen molar-refractivity contribution in [3.05, 3.63) is 118 Å². The van der Waals surface area contributed by atoms with Crippen LogP contribution in [0.3, 0.4) is 0 Å². The van der Waals surface area contributed by atoms with E-state index in [0.717, 1.165) is 4.88 Å². The highest BCUT2D eigenvalue weighted by Crippen LogP contribution is 2.35. The van der Waals surface area contributed by atoms with Crippen LogP contribution in [0.4, 0.5) is 5.69 Å². The predicted molar refractivity (Wildman–Crippen MR) is 161 cm³/mol. The van der Waals surface area contributed by atoms with Crippen LogP contribution in [-0.4, -0.2) is 38.9 Å². The van der Waals surface area contributed by atoms with Gasteiger partial charge in [0.05, 0.1) is 21.3 Å². The van der Waals surface area contributed by atoms with Gasteiger partial charge >= 0.3 is 0 Å². The van der Waals surface area contributed by atoms with Gasteiger partial charge in [0.2, 0.25) is 0 Å². The fourth-order valence-corrected chi connectivity index (χ4v) is 4.48. The number of benzene rings is 3. The summed E-state index contributed by atoms with van der Waals surface area (Å²) in [7, 11) is 4.59. The zero-order valence-corrected chi connectivity index (χ0v) is 23.5. The standard InChI is InChI=1S/C32H28N2O6S/c1-38-28-20-30(40-3)29(39-2)18-23(28)13-16-27(35)21-11-14-24(15-12-21)33-32(37)26(19-25-10-7-17-41-25)34-31(36)22-8-5-4-6-9-22/h4-20H,1-3H3,(H,33,37)(H,34,36)/b16-13+,26-19-. The maximum Gasteiger partial charge on any atom is 0.272 e. The molecular weight excluding hydrogens is 540 g/mol. The van der Waals surface area contributed by atoms with Gasteiger partial charge in [-0.1, -0.05) is 24.3 Å². The molecule has 0 aliphatic carbocycles. The Balaban J connectivity index is 1.47. The van der Waals surface area contributed by atoms with Gasteiger partial charge in [0.15, 0.2) is 17.3 Å². The molecule has 0 saturated carbocycles. The fourth-order valence-electron chi connectivity index (χ4n) is 3.82. The third kappa shape index (κ3) is 7.49. The van der Waals surface area contributed by atoms with Crippen LogP contribution in [0, 0.1) is 0 Å². The minimum atomic E-state index is -0.498. The average molecular weight is 569 g/mol. The third-order valence-corrected chi connectivity index (χ3v) is 6.76. The molecule has 2 N–H and O–H groups in total. The van der Waals surface area contributed by atoms with Crippen molar-refractivity contribution >= 4 is 46.8 Å². The molecule has 0 radical (unpaired) electrons. The highest BCUT2D eigenvalue weighted by atomic mass is 32.1. The first kappa shape index (κ1) is 28.8. The number of allylic oxidation sites excluding steroid dienone is 1. The highest BCUT2D eigenvalue weighted by Gasteiger charge is 2.16. The van der Waals surface area contributed by atoms with Crippen molar-refractivity contribution in [2.75, 3.05) is 26.6 Å². The van der Waals surface area contributed by atoms with E-state index >= 15 is 0 Å². The summed E-state index contributed by atoms with van der Waals surface area (Å²) in [6, 6.07) is 22.2. The Morgan fingerprint density at radius 1 is 0.756 bits per heavy atom. The minimum absolute atomic E-state index is 0.0910. The molecule has 0 saturated heterocycles. The van der Waals surface area contributed by atoms with E-state index in [1.165, 1.54) is 38.7 Å². The van der Waals surface area contributed by atoms with Crippen LogP contribution < -0.4 is 24.8 Å². The summed E-state index contributed by atoms with van der Waals surface area (Å²) < 4.78 is 16.0. The van der Waals surface area contributed by atoms with Crippen LogP contribution in [0.15, 0.2) is 96.0 Å². The van der Waals surface area contributed by atoms with Gasteiger partial charge in [0, 0.05) is 33.3 Å². The zero-order valence-electron chi connectivity index (χ0n) is 22.7. The number of rotatable bonds is 11. The van der Waals surface area contributed by atoms with Crippen molar-refractivity contribution < 1.29 is 28.6 Å². The second-order valence-electron chi connectivity index (χ2n) is 8.57. The van der Waals surface area contributed by atoms with Crippen molar-refractivity contribution in [1.29, 1.82) is 0 Å². The number of ether oxygens (including phenoxy) is 3. The number of anilines is 1. The summed E-state index contributed by atoms with van der Waals surface area (Å²) in [5.74, 6) is 0.402. The van der Waals surface area contributed by atoms with Gasteiger partial charge in [-0.05, 0) is 72.1 Å². The van der Waals surface area contributed by atoms with E-state index in [2.05, 4.69) is 10.6 Å². The van der Waals surface area contributed by atoms with Gasteiger partial charge in [0.25, 0.3) is 11.8 Å². The normalized spacial score (nSPS) is 11.1. The van der Waals surface area contributed by atoms with E-state index in [0.29, 0.717) is 39.6 Å². The molecule has 3 aromatic carbocycles. The van der Waals surface area contributed by atoms with Crippen LogP contribution in [0.1, 0.15) is 31.2 Å².